The molecule has 0 saturated heterocycles. The largest absolute Gasteiger partial charge is 0.477 e. The van der Waals surface area contributed by atoms with E-state index in [1.165, 1.54) is 6.92 Å². The van der Waals surface area contributed by atoms with Gasteiger partial charge in [0, 0.05) is 6.92 Å². The second kappa shape index (κ2) is 2.86. The molecule has 9 heavy (non-hydrogen) atoms. The third-order valence-corrected chi connectivity index (χ3v) is 0.585. The number of carboxylic acid groups (broad SMARTS) is 1. The van der Waals surface area contributed by atoms with Crippen molar-refractivity contribution in [3.63, 3.8) is 0 Å². The lowest BCUT2D eigenvalue weighted by Gasteiger charge is -1.96. The van der Waals surface area contributed by atoms with Crippen molar-refractivity contribution in [1.29, 1.82) is 0 Å². The molecular weight excluding hydrogens is 123 g/mol. The maximum Gasteiger partial charge on any atom is 0.351 e. The molecule has 0 aliphatic rings. The Morgan fingerprint density at radius 2 is 2.00 bits per heavy atom. The Morgan fingerprint density at radius 1 is 1.56 bits per heavy atom. The molecule has 2 N–H and O–H groups in total. The predicted octanol–water partition coefficient (Wildman–Crippen LogP) is -0.279. The van der Waals surface area contributed by atoms with Gasteiger partial charge in [-0.15, -0.1) is 0 Å². The van der Waals surface area contributed by atoms with Gasteiger partial charge in [-0.25, -0.2) is 4.79 Å². The van der Waals surface area contributed by atoms with Crippen LogP contribution in [0.5, 0.6) is 0 Å². The number of amides is 1. The first-order valence-corrected chi connectivity index (χ1v) is 2.24. The third kappa shape index (κ3) is 3.28. The van der Waals surface area contributed by atoms with Crippen LogP contribution in [0.25, 0.3) is 0 Å². The van der Waals surface area contributed by atoms with Gasteiger partial charge in [-0.3, -0.25) is 4.79 Å². The summed E-state index contributed by atoms with van der Waals surface area (Å²) >= 11 is 0. The number of carbonyl (C=O) groups is 2. The van der Waals surface area contributed by atoms with E-state index in [0.29, 0.717) is 0 Å². The maximum absolute atomic E-state index is 10.1. The summed E-state index contributed by atoms with van der Waals surface area (Å²) in [5.74, 6) is -1.65. The number of hydrogen-bond acceptors (Lipinski definition) is 2. The molecule has 0 atom stereocenters. The molecule has 0 fully saturated rings. The molecule has 0 heterocycles. The van der Waals surface area contributed by atoms with E-state index in [0.717, 1.165) is 0 Å². The Morgan fingerprint density at radius 3 is 2.11 bits per heavy atom. The fourth-order valence-electron chi connectivity index (χ4n) is 0.266. The molecular formula is C5H7NO3. The SMILES string of the molecule is C=C([15NH]C(C)=O)C(=O)O. The van der Waals surface area contributed by atoms with Crippen LogP contribution in [-0.2, 0) is 9.59 Å². The monoisotopic (exact) mass is 130 g/mol. The quantitative estimate of drug-likeness (QED) is 0.399. The highest BCUT2D eigenvalue weighted by molar-refractivity contribution is 5.91. The van der Waals surface area contributed by atoms with Crippen molar-refractivity contribution in [1.82, 2.24) is 5.32 Å². The molecule has 0 aromatic heterocycles. The second-order valence-electron chi connectivity index (χ2n) is 1.46. The van der Waals surface area contributed by atoms with Crippen molar-refractivity contribution in [2.75, 3.05) is 0 Å². The van der Waals surface area contributed by atoms with Crippen molar-refractivity contribution in [2.24, 2.45) is 0 Å². The number of rotatable bonds is 2. The van der Waals surface area contributed by atoms with Crippen molar-refractivity contribution >= 4 is 11.9 Å². The van der Waals surface area contributed by atoms with Gasteiger partial charge >= 0.3 is 5.97 Å². The zero-order valence-corrected chi connectivity index (χ0v) is 4.97. The summed E-state index contributed by atoms with van der Waals surface area (Å²) in [6.07, 6.45) is 0. The fourth-order valence-corrected chi connectivity index (χ4v) is 0.266. The zero-order valence-electron chi connectivity index (χ0n) is 4.97. The second-order valence-corrected chi connectivity index (χ2v) is 1.46. The lowest BCUT2D eigenvalue weighted by atomic mass is 10.5. The molecule has 50 valence electrons. The van der Waals surface area contributed by atoms with Crippen LogP contribution >= 0.6 is 0 Å². The van der Waals surface area contributed by atoms with E-state index in [1.807, 2.05) is 5.32 Å². The smallest absolute Gasteiger partial charge is 0.351 e. The number of aliphatic carboxylic acids is 1. The molecule has 0 rings (SSSR count). The molecule has 4 heteroatoms. The van der Waals surface area contributed by atoms with Gasteiger partial charge in [-0.2, -0.15) is 0 Å². The fraction of sp³-hybridized carbons (Fsp3) is 0.200. The molecule has 0 bridgehead atoms. The first-order valence-electron chi connectivity index (χ1n) is 2.24. The lowest BCUT2D eigenvalue weighted by molar-refractivity contribution is -0.134. The van der Waals surface area contributed by atoms with E-state index in [1.54, 1.807) is 0 Å². The summed E-state index contributed by atoms with van der Waals surface area (Å²) in [6.45, 7) is 4.28. The molecule has 4 nitrogen and oxygen atoms in total. The Kier molecular flexibility index (Phi) is 2.44. The molecule has 0 aromatic carbocycles. The van der Waals surface area contributed by atoms with Crippen LogP contribution in [0.2, 0.25) is 0 Å². The van der Waals surface area contributed by atoms with Crippen LogP contribution in [0, 0.1) is 0 Å². The predicted molar refractivity (Wildman–Crippen MR) is 30.6 cm³/mol. The highest BCUT2D eigenvalue weighted by Crippen LogP contribution is 1.80. The van der Waals surface area contributed by atoms with E-state index in [-0.39, 0.29) is 5.70 Å². The van der Waals surface area contributed by atoms with Gasteiger partial charge in [-0.1, -0.05) is 6.58 Å². The average molecular weight is 130 g/mol. The van der Waals surface area contributed by atoms with Crippen molar-refractivity contribution in [3.8, 4) is 0 Å². The van der Waals surface area contributed by atoms with Gasteiger partial charge in [0.1, 0.15) is 5.70 Å². The summed E-state index contributed by atoms with van der Waals surface area (Å²) < 4.78 is 0. The zero-order chi connectivity index (χ0) is 7.44. The van der Waals surface area contributed by atoms with E-state index in [9.17, 15) is 9.59 Å². The Hall–Kier alpha value is -1.32. The number of nitrogens with one attached hydrogen (secondary N) is 1. The van der Waals surface area contributed by atoms with Crippen LogP contribution in [0.4, 0.5) is 0 Å². The molecule has 0 spiro atoms. The molecule has 0 aliphatic heterocycles. The Bertz CT molecular complexity index is 162. The highest BCUT2D eigenvalue weighted by Gasteiger charge is 2.02. The van der Waals surface area contributed by atoms with Crippen molar-refractivity contribution in [2.45, 2.75) is 6.92 Å². The van der Waals surface area contributed by atoms with Gasteiger partial charge in [0.25, 0.3) is 0 Å². The minimum Gasteiger partial charge on any atom is -0.477 e. The number of carbonyl (C=O) groups excluding carboxylic acids is 1. The van der Waals surface area contributed by atoms with Gasteiger partial charge in [0.05, 0.1) is 0 Å². The van der Waals surface area contributed by atoms with E-state index < -0.39 is 11.9 Å². The highest BCUT2D eigenvalue weighted by atomic mass is 16.4. The normalized spacial score (nSPS) is 8.11. The summed E-state index contributed by atoms with van der Waals surface area (Å²) in [4.78, 5) is 20.0. The summed E-state index contributed by atoms with van der Waals surface area (Å²) in [5, 5.41) is 10.1. The first kappa shape index (κ1) is 7.68. The van der Waals surface area contributed by atoms with E-state index in [2.05, 4.69) is 6.58 Å². The van der Waals surface area contributed by atoms with Crippen molar-refractivity contribution in [3.05, 3.63) is 12.3 Å². The van der Waals surface area contributed by atoms with E-state index >= 15 is 0 Å². The van der Waals surface area contributed by atoms with Gasteiger partial charge in [0.2, 0.25) is 5.91 Å². The molecule has 0 unspecified atom stereocenters. The number of carboxylic acids is 1. The van der Waals surface area contributed by atoms with Gasteiger partial charge in [-0.05, 0) is 0 Å². The van der Waals surface area contributed by atoms with Crippen LogP contribution in [0.1, 0.15) is 6.92 Å². The van der Waals surface area contributed by atoms with E-state index in [4.69, 9.17) is 5.11 Å². The third-order valence-electron chi connectivity index (χ3n) is 0.585. The molecule has 1 amide bonds. The molecule has 0 aromatic rings. The van der Waals surface area contributed by atoms with Gasteiger partial charge < -0.3 is 10.4 Å². The lowest BCUT2D eigenvalue weighted by Crippen LogP contribution is -2.23. The summed E-state index contributed by atoms with van der Waals surface area (Å²) in [5.41, 5.74) is -0.303. The Labute approximate surface area is 52.2 Å². The van der Waals surface area contributed by atoms with Crippen LogP contribution < -0.4 is 5.32 Å². The van der Waals surface area contributed by atoms with Gasteiger partial charge in [0.15, 0.2) is 0 Å². The van der Waals surface area contributed by atoms with Crippen LogP contribution in [-0.4, -0.2) is 17.0 Å². The summed E-state index contributed by atoms with van der Waals surface area (Å²) in [6, 6.07) is 0. The van der Waals surface area contributed by atoms with Crippen LogP contribution in [0.3, 0.4) is 0 Å². The Balaban J connectivity index is 3.79. The molecule has 0 aliphatic carbocycles. The molecule has 0 radical (unpaired) electrons. The topological polar surface area (TPSA) is 66.4 Å². The summed E-state index contributed by atoms with van der Waals surface area (Å²) in [7, 11) is 0. The average Bonchev–Trinajstić information content (AvgIpc) is 1.63. The minimum atomic E-state index is -1.22. The minimum absolute atomic E-state index is 0.303. The van der Waals surface area contributed by atoms with Crippen molar-refractivity contribution < 1.29 is 14.7 Å². The molecule has 0 saturated carbocycles. The standard InChI is InChI=1S/C5H7NO3/c1-3(5(8)9)6-4(2)7/h1H2,2H3,(H,6,7)(H,8,9)/i6+1. The first-order chi connectivity index (χ1) is 4.04. The maximum atomic E-state index is 10.1. The van der Waals surface area contributed by atoms with Crippen LogP contribution in [0.15, 0.2) is 12.3 Å². The number of hydrogen-bond donors (Lipinski definition) is 2.